The highest BCUT2D eigenvalue weighted by atomic mass is 16.5. The lowest BCUT2D eigenvalue weighted by molar-refractivity contribution is -0.0510. The van der Waals surface area contributed by atoms with Gasteiger partial charge < -0.3 is 14.4 Å². The van der Waals surface area contributed by atoms with Crippen molar-refractivity contribution in [1.29, 1.82) is 0 Å². The maximum atomic E-state index is 5.71. The number of likely N-dealkylation sites (N-methyl/N-ethyl adjacent to an activating group) is 1. The number of morpholine rings is 1. The highest BCUT2D eigenvalue weighted by Crippen LogP contribution is 2.21. The van der Waals surface area contributed by atoms with Crippen LogP contribution >= 0.6 is 0 Å². The van der Waals surface area contributed by atoms with Crippen LogP contribution in [0.15, 0.2) is 0 Å². The van der Waals surface area contributed by atoms with Crippen molar-refractivity contribution < 1.29 is 9.47 Å². The molecule has 2 unspecified atom stereocenters. The fraction of sp³-hybridized carbons (Fsp3) is 1.00. The largest absolute Gasteiger partial charge is 0.381 e. The van der Waals surface area contributed by atoms with Gasteiger partial charge in [0.15, 0.2) is 0 Å². The molecule has 2 fully saturated rings. The van der Waals surface area contributed by atoms with Crippen LogP contribution in [0.25, 0.3) is 0 Å². The molecule has 3 heteroatoms. The van der Waals surface area contributed by atoms with E-state index in [0.29, 0.717) is 12.0 Å². The van der Waals surface area contributed by atoms with E-state index in [9.17, 15) is 0 Å². The molecule has 112 valence electrons. The van der Waals surface area contributed by atoms with Crippen LogP contribution in [0.5, 0.6) is 0 Å². The molecule has 0 aromatic rings. The molecular weight excluding hydrogens is 226 g/mol. The normalized spacial score (nSPS) is 26.8. The second kappa shape index (κ2) is 14.9. The summed E-state index contributed by atoms with van der Waals surface area (Å²) in [5.74, 6) is 0.646. The molecular formula is C15H35NO2. The number of hydrogen-bond donors (Lipinski definition) is 0. The Kier molecular flexibility index (Phi) is 16.8. The van der Waals surface area contributed by atoms with Gasteiger partial charge >= 0.3 is 0 Å². The molecule has 0 amide bonds. The van der Waals surface area contributed by atoms with E-state index in [-0.39, 0.29) is 0 Å². The topological polar surface area (TPSA) is 21.7 Å². The van der Waals surface area contributed by atoms with Crippen molar-refractivity contribution in [2.75, 3.05) is 40.0 Å². The van der Waals surface area contributed by atoms with Gasteiger partial charge in [0.1, 0.15) is 0 Å². The van der Waals surface area contributed by atoms with E-state index in [1.165, 1.54) is 6.42 Å². The SMILES string of the molecule is CC.CC.CC.CN1CCOC(C2CCOC2)C1. The number of nitrogens with zero attached hydrogens (tertiary/aromatic N) is 1. The molecule has 0 spiro atoms. The maximum absolute atomic E-state index is 5.71. The van der Waals surface area contributed by atoms with Gasteiger partial charge in [-0.1, -0.05) is 41.5 Å². The van der Waals surface area contributed by atoms with E-state index in [2.05, 4.69) is 11.9 Å². The van der Waals surface area contributed by atoms with Crippen molar-refractivity contribution in [3.05, 3.63) is 0 Å². The molecule has 0 saturated carbocycles. The van der Waals surface area contributed by atoms with E-state index in [1.807, 2.05) is 41.5 Å². The summed E-state index contributed by atoms with van der Waals surface area (Å²) in [5.41, 5.74) is 0. The van der Waals surface area contributed by atoms with E-state index in [0.717, 1.165) is 32.9 Å². The third-order valence-electron chi connectivity index (χ3n) is 2.79. The Balaban J connectivity index is 0. The van der Waals surface area contributed by atoms with Gasteiger partial charge in [-0.05, 0) is 13.5 Å². The summed E-state index contributed by atoms with van der Waals surface area (Å²) in [5, 5.41) is 0. The lowest BCUT2D eigenvalue weighted by Crippen LogP contribution is -2.43. The minimum Gasteiger partial charge on any atom is -0.381 e. The summed E-state index contributed by atoms with van der Waals surface area (Å²) in [6, 6.07) is 0. The van der Waals surface area contributed by atoms with Crippen molar-refractivity contribution in [2.24, 2.45) is 5.92 Å². The predicted molar refractivity (Wildman–Crippen MR) is 80.2 cm³/mol. The van der Waals surface area contributed by atoms with Gasteiger partial charge in [0.25, 0.3) is 0 Å². The summed E-state index contributed by atoms with van der Waals surface area (Å²) in [4.78, 5) is 2.34. The first-order valence-corrected chi connectivity index (χ1v) is 7.74. The molecule has 0 aromatic carbocycles. The molecule has 18 heavy (non-hydrogen) atoms. The zero-order valence-corrected chi connectivity index (χ0v) is 13.7. The summed E-state index contributed by atoms with van der Waals surface area (Å²) in [6.07, 6.45) is 1.60. The average molecular weight is 261 g/mol. The van der Waals surface area contributed by atoms with Crippen molar-refractivity contribution in [2.45, 2.75) is 54.1 Å². The zero-order valence-electron chi connectivity index (χ0n) is 13.7. The van der Waals surface area contributed by atoms with Crippen LogP contribution in [-0.4, -0.2) is 51.0 Å². The standard InChI is InChI=1S/C9H17NO2.3C2H6/c1-10-3-5-12-9(6-10)8-2-4-11-7-8;3*1-2/h8-9H,2-7H2,1H3;3*1-2H3. The van der Waals surface area contributed by atoms with Crippen molar-refractivity contribution in [3.8, 4) is 0 Å². The van der Waals surface area contributed by atoms with Crippen LogP contribution in [0.3, 0.4) is 0 Å². The molecule has 0 bridgehead atoms. The Morgan fingerprint density at radius 1 is 0.944 bits per heavy atom. The van der Waals surface area contributed by atoms with E-state index in [4.69, 9.17) is 9.47 Å². The Morgan fingerprint density at radius 2 is 1.56 bits per heavy atom. The second-order valence-corrected chi connectivity index (χ2v) is 3.80. The quantitative estimate of drug-likeness (QED) is 0.722. The van der Waals surface area contributed by atoms with Crippen molar-refractivity contribution >= 4 is 0 Å². The van der Waals surface area contributed by atoms with Gasteiger partial charge in [0, 0.05) is 25.6 Å². The monoisotopic (exact) mass is 261 g/mol. The lowest BCUT2D eigenvalue weighted by atomic mass is 10.0. The molecule has 2 rings (SSSR count). The highest BCUT2D eigenvalue weighted by molar-refractivity contribution is 4.79. The summed E-state index contributed by atoms with van der Waals surface area (Å²) in [7, 11) is 2.16. The Labute approximate surface area is 115 Å². The fourth-order valence-electron chi connectivity index (χ4n) is 1.94. The third-order valence-corrected chi connectivity index (χ3v) is 2.79. The van der Waals surface area contributed by atoms with Crippen LogP contribution < -0.4 is 0 Å². The smallest absolute Gasteiger partial charge is 0.0753 e. The van der Waals surface area contributed by atoms with Crippen LogP contribution in [0.4, 0.5) is 0 Å². The van der Waals surface area contributed by atoms with Gasteiger partial charge in [0.2, 0.25) is 0 Å². The molecule has 0 aliphatic carbocycles. The first kappa shape index (κ1) is 20.2. The van der Waals surface area contributed by atoms with Gasteiger partial charge in [0.05, 0.1) is 19.3 Å². The molecule has 2 saturated heterocycles. The van der Waals surface area contributed by atoms with Crippen molar-refractivity contribution in [1.82, 2.24) is 4.90 Å². The Bertz CT molecular complexity index is 147. The van der Waals surface area contributed by atoms with E-state index < -0.39 is 0 Å². The average Bonchev–Trinajstić information content (AvgIpc) is 3.00. The maximum Gasteiger partial charge on any atom is 0.0753 e. The van der Waals surface area contributed by atoms with Gasteiger partial charge in [-0.2, -0.15) is 0 Å². The predicted octanol–water partition coefficient (Wildman–Crippen LogP) is 3.43. The zero-order chi connectivity index (χ0) is 14.4. The van der Waals surface area contributed by atoms with Crippen LogP contribution in [-0.2, 0) is 9.47 Å². The van der Waals surface area contributed by atoms with Crippen LogP contribution in [0.2, 0.25) is 0 Å². The highest BCUT2D eigenvalue weighted by Gasteiger charge is 2.29. The minimum atomic E-state index is 0.422. The molecule has 3 nitrogen and oxygen atoms in total. The molecule has 2 aliphatic heterocycles. The summed E-state index contributed by atoms with van der Waals surface area (Å²) < 4.78 is 11.1. The molecule has 0 radical (unpaired) electrons. The minimum absolute atomic E-state index is 0.422. The number of hydrogen-bond acceptors (Lipinski definition) is 3. The molecule has 2 atom stereocenters. The van der Waals surface area contributed by atoms with Crippen LogP contribution in [0, 0.1) is 5.92 Å². The van der Waals surface area contributed by atoms with Gasteiger partial charge in [-0.15, -0.1) is 0 Å². The third kappa shape index (κ3) is 8.06. The molecule has 2 heterocycles. The molecule has 0 aromatic heterocycles. The Hall–Kier alpha value is -0.120. The Morgan fingerprint density at radius 3 is 2.00 bits per heavy atom. The van der Waals surface area contributed by atoms with Crippen molar-refractivity contribution in [3.63, 3.8) is 0 Å². The first-order valence-electron chi connectivity index (χ1n) is 7.74. The first-order chi connectivity index (χ1) is 8.86. The van der Waals surface area contributed by atoms with E-state index >= 15 is 0 Å². The fourth-order valence-corrected chi connectivity index (χ4v) is 1.94. The lowest BCUT2D eigenvalue weighted by Gasteiger charge is -2.32. The van der Waals surface area contributed by atoms with Gasteiger partial charge in [-0.25, -0.2) is 0 Å². The van der Waals surface area contributed by atoms with Crippen LogP contribution in [0.1, 0.15) is 48.0 Å². The van der Waals surface area contributed by atoms with Gasteiger partial charge in [-0.3, -0.25) is 0 Å². The van der Waals surface area contributed by atoms with E-state index in [1.54, 1.807) is 0 Å². The number of ether oxygens (including phenoxy) is 2. The molecule has 0 N–H and O–H groups in total. The summed E-state index contributed by atoms with van der Waals surface area (Å²) >= 11 is 0. The second-order valence-electron chi connectivity index (χ2n) is 3.80. The number of rotatable bonds is 1. The molecule has 2 aliphatic rings. The summed E-state index contributed by atoms with van der Waals surface area (Å²) in [6.45, 7) is 16.9.